The second-order valence-corrected chi connectivity index (χ2v) is 7.96. The Morgan fingerprint density at radius 1 is 1.08 bits per heavy atom. The zero-order valence-electron chi connectivity index (χ0n) is 15.6. The van der Waals surface area contributed by atoms with E-state index in [9.17, 15) is 4.79 Å². The number of amides is 1. The van der Waals surface area contributed by atoms with Crippen LogP contribution in [-0.4, -0.2) is 59.9 Å². The molecular weight excluding hydrogens is 342 g/mol. The van der Waals surface area contributed by atoms with Gasteiger partial charge in [0.05, 0.1) is 6.54 Å². The molecule has 1 aromatic heterocycles. The van der Waals surface area contributed by atoms with Crippen LogP contribution in [0.25, 0.3) is 0 Å². The fourth-order valence-corrected chi connectivity index (χ4v) is 4.19. The van der Waals surface area contributed by atoms with Crippen molar-refractivity contribution in [2.45, 2.75) is 26.4 Å². The summed E-state index contributed by atoms with van der Waals surface area (Å²) >= 11 is 1.81. The molecule has 0 radical (unpaired) electrons. The van der Waals surface area contributed by atoms with Crippen molar-refractivity contribution >= 4 is 17.2 Å². The van der Waals surface area contributed by atoms with Gasteiger partial charge in [0.2, 0.25) is 5.91 Å². The third kappa shape index (κ3) is 5.66. The van der Waals surface area contributed by atoms with Crippen LogP contribution in [0.1, 0.15) is 23.8 Å². The first-order chi connectivity index (χ1) is 12.7. The Bertz CT molecular complexity index is 651. The number of nitrogens with zero attached hydrogens (tertiary/aromatic N) is 3. The summed E-state index contributed by atoms with van der Waals surface area (Å²) in [4.78, 5) is 20.9. The predicted molar refractivity (Wildman–Crippen MR) is 108 cm³/mol. The molecule has 2 heterocycles. The quantitative estimate of drug-likeness (QED) is 0.712. The first-order valence-corrected chi connectivity index (χ1v) is 10.4. The lowest BCUT2D eigenvalue weighted by molar-refractivity contribution is -0.134. The van der Waals surface area contributed by atoms with E-state index in [4.69, 9.17) is 0 Å². The van der Waals surface area contributed by atoms with Crippen molar-refractivity contribution in [3.63, 3.8) is 0 Å². The van der Waals surface area contributed by atoms with Gasteiger partial charge in [0.15, 0.2) is 0 Å². The zero-order chi connectivity index (χ0) is 18.2. The minimum atomic E-state index is 0.269. The highest BCUT2D eigenvalue weighted by atomic mass is 32.1. The molecule has 1 aromatic carbocycles. The average molecular weight is 372 g/mol. The van der Waals surface area contributed by atoms with Crippen molar-refractivity contribution in [2.75, 3.05) is 39.3 Å². The molecule has 0 atom stereocenters. The number of carbonyl (C=O) groups excluding carboxylic acids is 1. The fourth-order valence-electron chi connectivity index (χ4n) is 3.44. The summed E-state index contributed by atoms with van der Waals surface area (Å²) < 4.78 is 0. The van der Waals surface area contributed by atoms with E-state index < -0.39 is 0 Å². The van der Waals surface area contributed by atoms with Gasteiger partial charge in [-0.25, -0.2) is 0 Å². The normalized spacial score (nSPS) is 15.5. The van der Waals surface area contributed by atoms with Crippen LogP contribution in [0.4, 0.5) is 0 Å². The number of rotatable bonds is 8. The van der Waals surface area contributed by atoms with Gasteiger partial charge >= 0.3 is 0 Å². The highest BCUT2D eigenvalue weighted by Gasteiger charge is 2.22. The van der Waals surface area contributed by atoms with Crippen molar-refractivity contribution in [1.29, 1.82) is 0 Å². The summed E-state index contributed by atoms with van der Waals surface area (Å²) in [7, 11) is 0. The lowest BCUT2D eigenvalue weighted by Crippen LogP contribution is -2.50. The lowest BCUT2D eigenvalue weighted by atomic mass is 10.2. The standard InChI is InChI=1S/C21H29N3OS/c1-2-10-23(16-19-7-4-3-5-8-19)18-21(25)24-13-11-22(12-14-24)17-20-9-6-15-26-20/h3-9,15H,2,10-14,16-18H2,1H3. The number of carbonyl (C=O) groups is 1. The van der Waals surface area contributed by atoms with Crippen LogP contribution in [-0.2, 0) is 17.9 Å². The highest BCUT2D eigenvalue weighted by molar-refractivity contribution is 7.09. The monoisotopic (exact) mass is 371 g/mol. The molecule has 0 N–H and O–H groups in total. The van der Waals surface area contributed by atoms with Gasteiger partial charge in [-0.05, 0) is 30.0 Å². The number of hydrogen-bond acceptors (Lipinski definition) is 4. The Labute approximate surface area is 161 Å². The molecule has 1 aliphatic rings. The Hall–Kier alpha value is -1.69. The number of hydrogen-bond donors (Lipinski definition) is 0. The van der Waals surface area contributed by atoms with Crippen molar-refractivity contribution < 1.29 is 4.79 Å². The van der Waals surface area contributed by atoms with Crippen LogP contribution in [0, 0.1) is 0 Å². The third-order valence-corrected chi connectivity index (χ3v) is 5.69. The van der Waals surface area contributed by atoms with Crippen LogP contribution in [0.2, 0.25) is 0 Å². The molecule has 3 rings (SSSR count). The van der Waals surface area contributed by atoms with Gasteiger partial charge in [-0.15, -0.1) is 11.3 Å². The topological polar surface area (TPSA) is 26.8 Å². The van der Waals surface area contributed by atoms with Gasteiger partial charge in [0.1, 0.15) is 0 Å². The summed E-state index contributed by atoms with van der Waals surface area (Å²) in [6, 6.07) is 14.7. The van der Waals surface area contributed by atoms with Crippen molar-refractivity contribution in [3.05, 3.63) is 58.3 Å². The van der Waals surface area contributed by atoms with Gasteiger partial charge < -0.3 is 4.90 Å². The SMILES string of the molecule is CCCN(CC(=O)N1CCN(Cc2cccs2)CC1)Cc1ccccc1. The molecule has 4 nitrogen and oxygen atoms in total. The molecule has 0 bridgehead atoms. The predicted octanol–water partition coefficient (Wildman–Crippen LogP) is 3.30. The molecular formula is C21H29N3OS. The van der Waals surface area contributed by atoms with E-state index in [0.717, 1.165) is 52.2 Å². The number of benzene rings is 1. The zero-order valence-corrected chi connectivity index (χ0v) is 16.5. The van der Waals surface area contributed by atoms with Gasteiger partial charge in [0.25, 0.3) is 0 Å². The highest BCUT2D eigenvalue weighted by Crippen LogP contribution is 2.14. The fraction of sp³-hybridized carbons (Fsp3) is 0.476. The molecule has 0 aliphatic carbocycles. The number of piperazine rings is 1. The van der Waals surface area contributed by atoms with E-state index in [1.54, 1.807) is 0 Å². The maximum Gasteiger partial charge on any atom is 0.236 e. The molecule has 2 aromatic rings. The molecule has 140 valence electrons. The van der Waals surface area contributed by atoms with Crippen molar-refractivity contribution in [2.24, 2.45) is 0 Å². The van der Waals surface area contributed by atoms with Crippen molar-refractivity contribution in [1.82, 2.24) is 14.7 Å². The smallest absolute Gasteiger partial charge is 0.236 e. The van der Waals surface area contributed by atoms with E-state index in [1.807, 2.05) is 22.3 Å². The lowest BCUT2D eigenvalue weighted by Gasteiger charge is -2.35. The average Bonchev–Trinajstić information content (AvgIpc) is 3.16. The summed E-state index contributed by atoms with van der Waals surface area (Å²) in [6.07, 6.45) is 1.06. The Kier molecular flexibility index (Phi) is 7.23. The van der Waals surface area contributed by atoms with Crippen molar-refractivity contribution in [3.8, 4) is 0 Å². The maximum absolute atomic E-state index is 12.8. The molecule has 0 saturated carbocycles. The van der Waals surface area contributed by atoms with Gasteiger partial charge in [0, 0.05) is 44.1 Å². The minimum absolute atomic E-state index is 0.269. The molecule has 0 spiro atoms. The summed E-state index contributed by atoms with van der Waals surface area (Å²) in [6.45, 7) is 9.13. The van der Waals surface area contributed by atoms with Crippen LogP contribution in [0.5, 0.6) is 0 Å². The van der Waals surface area contributed by atoms with E-state index in [0.29, 0.717) is 6.54 Å². The van der Waals surface area contributed by atoms with E-state index in [1.165, 1.54) is 10.4 Å². The Balaban J connectivity index is 1.47. The first kappa shape index (κ1) is 19.1. The summed E-state index contributed by atoms with van der Waals surface area (Å²) in [5.41, 5.74) is 1.27. The maximum atomic E-state index is 12.8. The second-order valence-electron chi connectivity index (χ2n) is 6.93. The molecule has 0 unspecified atom stereocenters. The van der Waals surface area contributed by atoms with Gasteiger partial charge in [-0.1, -0.05) is 43.3 Å². The van der Waals surface area contributed by atoms with Crippen LogP contribution in [0.3, 0.4) is 0 Å². The molecule has 5 heteroatoms. The molecule has 1 fully saturated rings. The van der Waals surface area contributed by atoms with Gasteiger partial charge in [-0.3, -0.25) is 14.6 Å². The van der Waals surface area contributed by atoms with Crippen LogP contribution >= 0.6 is 11.3 Å². The van der Waals surface area contributed by atoms with Crippen LogP contribution in [0.15, 0.2) is 47.8 Å². The second kappa shape index (κ2) is 9.86. The Morgan fingerprint density at radius 2 is 1.85 bits per heavy atom. The van der Waals surface area contributed by atoms with E-state index in [2.05, 4.69) is 58.5 Å². The molecule has 1 aliphatic heterocycles. The van der Waals surface area contributed by atoms with Gasteiger partial charge in [-0.2, -0.15) is 0 Å². The van der Waals surface area contributed by atoms with Crippen LogP contribution < -0.4 is 0 Å². The summed E-state index contributed by atoms with van der Waals surface area (Å²) in [5, 5.41) is 2.13. The third-order valence-electron chi connectivity index (χ3n) is 4.83. The molecule has 1 saturated heterocycles. The molecule has 1 amide bonds. The summed E-state index contributed by atoms with van der Waals surface area (Å²) in [5.74, 6) is 0.269. The molecule has 26 heavy (non-hydrogen) atoms. The largest absolute Gasteiger partial charge is 0.339 e. The first-order valence-electron chi connectivity index (χ1n) is 9.53. The van der Waals surface area contributed by atoms with E-state index >= 15 is 0 Å². The van der Waals surface area contributed by atoms with E-state index in [-0.39, 0.29) is 5.91 Å². The Morgan fingerprint density at radius 3 is 2.50 bits per heavy atom. The number of thiophene rings is 1. The minimum Gasteiger partial charge on any atom is -0.339 e.